The molecule has 0 radical (unpaired) electrons. The van der Waals surface area contributed by atoms with Crippen LogP contribution < -0.4 is 14.2 Å². The summed E-state index contributed by atoms with van der Waals surface area (Å²) in [4.78, 5) is 1.57. The van der Waals surface area contributed by atoms with Gasteiger partial charge in [-0.1, -0.05) is 0 Å². The number of ether oxygens (including phenoxy) is 3. The average Bonchev–Trinajstić information content (AvgIpc) is 2.43. The SMILES string of the molecule is COc1cc(OC)c(OC)cc1CCN(C)C#N. The fraction of sp³-hybridized carbons (Fsp3) is 0.462. The van der Waals surface area contributed by atoms with Crippen LogP contribution in [0.4, 0.5) is 0 Å². The van der Waals surface area contributed by atoms with Gasteiger partial charge in [0.25, 0.3) is 0 Å². The molecule has 0 unspecified atom stereocenters. The zero-order valence-corrected chi connectivity index (χ0v) is 11.2. The Kier molecular flexibility index (Phi) is 5.12. The lowest BCUT2D eigenvalue weighted by molar-refractivity contribution is 0.346. The minimum atomic E-state index is 0.627. The van der Waals surface area contributed by atoms with Crippen molar-refractivity contribution in [3.63, 3.8) is 0 Å². The third kappa shape index (κ3) is 3.20. The van der Waals surface area contributed by atoms with Crippen LogP contribution in [0.25, 0.3) is 0 Å². The van der Waals surface area contributed by atoms with Gasteiger partial charge in [-0.15, -0.1) is 0 Å². The molecule has 18 heavy (non-hydrogen) atoms. The van der Waals surface area contributed by atoms with E-state index in [0.29, 0.717) is 24.5 Å². The first-order valence-corrected chi connectivity index (χ1v) is 5.56. The number of likely N-dealkylation sites (N-methyl/N-ethyl adjacent to an activating group) is 1. The van der Waals surface area contributed by atoms with Crippen LogP contribution in [0.2, 0.25) is 0 Å². The van der Waals surface area contributed by atoms with Crippen LogP contribution in [-0.4, -0.2) is 39.8 Å². The molecular weight excluding hydrogens is 232 g/mol. The van der Waals surface area contributed by atoms with Gasteiger partial charge in [0.1, 0.15) is 5.75 Å². The van der Waals surface area contributed by atoms with Gasteiger partial charge in [-0.05, 0) is 18.1 Å². The number of benzene rings is 1. The Morgan fingerprint density at radius 3 is 2.11 bits per heavy atom. The number of rotatable bonds is 6. The molecule has 5 nitrogen and oxygen atoms in total. The summed E-state index contributed by atoms with van der Waals surface area (Å²) in [6.45, 7) is 0.627. The van der Waals surface area contributed by atoms with Crippen LogP contribution in [0.5, 0.6) is 17.2 Å². The van der Waals surface area contributed by atoms with E-state index in [0.717, 1.165) is 11.3 Å². The third-order valence-electron chi connectivity index (χ3n) is 2.67. The summed E-state index contributed by atoms with van der Waals surface area (Å²) < 4.78 is 15.8. The van der Waals surface area contributed by atoms with Crippen LogP contribution in [0, 0.1) is 11.5 Å². The van der Waals surface area contributed by atoms with E-state index in [2.05, 4.69) is 6.19 Å². The molecule has 0 spiro atoms. The van der Waals surface area contributed by atoms with Crippen molar-refractivity contribution < 1.29 is 14.2 Å². The summed E-state index contributed by atoms with van der Waals surface area (Å²) in [7, 11) is 6.53. The van der Waals surface area contributed by atoms with Crippen LogP contribution in [0.3, 0.4) is 0 Å². The maximum absolute atomic E-state index is 8.72. The molecule has 1 rings (SSSR count). The highest BCUT2D eigenvalue weighted by atomic mass is 16.5. The lowest BCUT2D eigenvalue weighted by atomic mass is 10.1. The van der Waals surface area contributed by atoms with Crippen molar-refractivity contribution in [2.24, 2.45) is 0 Å². The highest BCUT2D eigenvalue weighted by molar-refractivity contribution is 5.50. The molecule has 1 aromatic rings. The zero-order chi connectivity index (χ0) is 13.5. The second kappa shape index (κ2) is 6.60. The Labute approximate surface area is 107 Å². The standard InChI is InChI=1S/C13H18N2O3/c1-15(9-14)6-5-10-7-12(17-3)13(18-4)8-11(10)16-2/h7-8H,5-6H2,1-4H3. The van der Waals surface area contributed by atoms with E-state index in [1.807, 2.05) is 6.07 Å². The lowest BCUT2D eigenvalue weighted by Gasteiger charge is -2.15. The molecule has 0 bridgehead atoms. The summed E-state index contributed by atoms with van der Waals surface area (Å²) in [6.07, 6.45) is 2.76. The van der Waals surface area contributed by atoms with Gasteiger partial charge in [-0.2, -0.15) is 5.26 Å². The molecule has 0 N–H and O–H groups in total. The van der Waals surface area contributed by atoms with Gasteiger partial charge in [0, 0.05) is 19.7 Å². The lowest BCUT2D eigenvalue weighted by Crippen LogP contribution is -2.15. The zero-order valence-electron chi connectivity index (χ0n) is 11.2. The molecule has 5 heteroatoms. The van der Waals surface area contributed by atoms with Crippen molar-refractivity contribution >= 4 is 0 Å². The molecule has 1 aromatic carbocycles. The third-order valence-corrected chi connectivity index (χ3v) is 2.67. The Hall–Kier alpha value is -2.09. The number of hydrogen-bond acceptors (Lipinski definition) is 5. The number of hydrogen-bond donors (Lipinski definition) is 0. The maximum atomic E-state index is 8.72. The van der Waals surface area contributed by atoms with Crippen LogP contribution in [0.1, 0.15) is 5.56 Å². The Balaban J connectivity index is 2.99. The fourth-order valence-corrected chi connectivity index (χ4v) is 1.63. The van der Waals surface area contributed by atoms with E-state index in [1.165, 1.54) is 0 Å². The minimum Gasteiger partial charge on any atom is -0.496 e. The highest BCUT2D eigenvalue weighted by Gasteiger charge is 2.12. The Bertz CT molecular complexity index is 441. The van der Waals surface area contributed by atoms with E-state index in [-0.39, 0.29) is 0 Å². The van der Waals surface area contributed by atoms with Crippen molar-refractivity contribution in [3.05, 3.63) is 17.7 Å². The summed E-state index contributed by atoms with van der Waals surface area (Å²) >= 11 is 0. The first-order valence-electron chi connectivity index (χ1n) is 5.56. The topological polar surface area (TPSA) is 54.7 Å². The van der Waals surface area contributed by atoms with E-state index in [4.69, 9.17) is 19.5 Å². The summed E-state index contributed by atoms with van der Waals surface area (Å²) in [5, 5.41) is 8.72. The number of nitriles is 1. The number of methoxy groups -OCH3 is 3. The first-order chi connectivity index (χ1) is 8.65. The summed E-state index contributed by atoms with van der Waals surface area (Å²) in [5.74, 6) is 2.03. The van der Waals surface area contributed by atoms with E-state index < -0.39 is 0 Å². The number of nitrogens with zero attached hydrogens (tertiary/aromatic N) is 2. The van der Waals surface area contributed by atoms with Crippen molar-refractivity contribution in [3.8, 4) is 23.4 Å². The predicted molar refractivity (Wildman–Crippen MR) is 68.0 cm³/mol. The van der Waals surface area contributed by atoms with Crippen LogP contribution in [0.15, 0.2) is 12.1 Å². The Morgan fingerprint density at radius 1 is 1.06 bits per heavy atom. The Morgan fingerprint density at radius 2 is 1.61 bits per heavy atom. The van der Waals surface area contributed by atoms with E-state index in [1.54, 1.807) is 39.3 Å². The molecule has 0 aromatic heterocycles. The molecule has 0 fully saturated rings. The second-order valence-corrected chi connectivity index (χ2v) is 3.79. The predicted octanol–water partition coefficient (Wildman–Crippen LogP) is 1.67. The quantitative estimate of drug-likeness (QED) is 0.568. The van der Waals surface area contributed by atoms with Gasteiger partial charge < -0.3 is 19.1 Å². The van der Waals surface area contributed by atoms with Gasteiger partial charge >= 0.3 is 0 Å². The molecule has 0 aliphatic heterocycles. The van der Waals surface area contributed by atoms with Crippen molar-refractivity contribution in [1.82, 2.24) is 4.90 Å². The van der Waals surface area contributed by atoms with Crippen LogP contribution in [-0.2, 0) is 6.42 Å². The maximum Gasteiger partial charge on any atom is 0.179 e. The first kappa shape index (κ1) is 14.0. The molecule has 98 valence electrons. The van der Waals surface area contributed by atoms with Gasteiger partial charge in [0.15, 0.2) is 17.7 Å². The highest BCUT2D eigenvalue weighted by Crippen LogP contribution is 2.34. The molecule has 0 saturated heterocycles. The molecule has 0 amide bonds. The molecule has 0 aliphatic carbocycles. The summed E-state index contributed by atoms with van der Waals surface area (Å²) in [5.41, 5.74) is 0.984. The van der Waals surface area contributed by atoms with Gasteiger partial charge in [0.05, 0.1) is 21.3 Å². The minimum absolute atomic E-state index is 0.627. The fourth-order valence-electron chi connectivity index (χ4n) is 1.63. The van der Waals surface area contributed by atoms with Crippen molar-refractivity contribution in [1.29, 1.82) is 5.26 Å². The van der Waals surface area contributed by atoms with E-state index >= 15 is 0 Å². The van der Waals surface area contributed by atoms with Gasteiger partial charge in [-0.3, -0.25) is 0 Å². The second-order valence-electron chi connectivity index (χ2n) is 3.79. The average molecular weight is 250 g/mol. The smallest absolute Gasteiger partial charge is 0.179 e. The molecule has 0 aliphatic rings. The molecular formula is C13H18N2O3. The molecule has 0 heterocycles. The molecule has 0 saturated carbocycles. The van der Waals surface area contributed by atoms with Crippen LogP contribution >= 0.6 is 0 Å². The van der Waals surface area contributed by atoms with E-state index in [9.17, 15) is 0 Å². The largest absolute Gasteiger partial charge is 0.496 e. The van der Waals surface area contributed by atoms with Crippen molar-refractivity contribution in [2.45, 2.75) is 6.42 Å². The van der Waals surface area contributed by atoms with Crippen molar-refractivity contribution in [2.75, 3.05) is 34.9 Å². The normalized spacial score (nSPS) is 9.50. The summed E-state index contributed by atoms with van der Waals surface area (Å²) in [6, 6.07) is 3.67. The monoisotopic (exact) mass is 250 g/mol. The van der Waals surface area contributed by atoms with Gasteiger partial charge in [-0.25, -0.2) is 0 Å². The van der Waals surface area contributed by atoms with Gasteiger partial charge in [0.2, 0.25) is 0 Å². The molecule has 0 atom stereocenters.